The molecule has 0 unspecified atom stereocenters. The quantitative estimate of drug-likeness (QED) is 0.134. The number of aryl methyl sites for hydroxylation is 1. The molecule has 1 aromatic carbocycles. The van der Waals surface area contributed by atoms with Gasteiger partial charge in [0, 0.05) is 24.1 Å². The predicted octanol–water partition coefficient (Wildman–Crippen LogP) is 7.01. The Bertz CT molecular complexity index is 2400. The fourth-order valence-corrected chi connectivity index (χ4v) is 10.5. The number of allylic oxidation sites excluding steroid dienone is 2. The first kappa shape index (κ1) is 44.7. The maximum atomic E-state index is 14.9. The molecular weight excluding hydrogens is 846 g/mol. The number of ether oxygens (including phenoxy) is 2. The van der Waals surface area contributed by atoms with Crippen molar-refractivity contribution in [1.29, 1.82) is 0 Å². The number of hydrogen-bond acceptors (Lipinski definition) is 10. The zero-order chi connectivity index (χ0) is 44.4. The minimum absolute atomic E-state index is 0.0324. The molecule has 2 aliphatic heterocycles. The van der Waals surface area contributed by atoms with Crippen LogP contribution in [-0.4, -0.2) is 93.1 Å². The van der Waals surface area contributed by atoms with Gasteiger partial charge < -0.3 is 14.4 Å². The van der Waals surface area contributed by atoms with Crippen LogP contribution in [0.15, 0.2) is 36.5 Å². The SMILES string of the molecule is Cc1cn2c(n1)nc(O[C@@H]1C[C@H]3C(=O)C[C@]4(C(=O)NS(=O)(=O)C5(CF)CC5)C[C@H]4/C=C\CC[C@H](C)C[C@@H](C)[C@H](CC(=O)OC(C)(C)C(F)(F)F)C(=O)N3C1)c1cc(Cl)ccc12. The maximum Gasteiger partial charge on any atom is 0.427 e. The van der Waals surface area contributed by atoms with E-state index < -0.39 is 105 Å². The molecule has 4 aliphatic rings. The van der Waals surface area contributed by atoms with Gasteiger partial charge in [-0.2, -0.15) is 18.2 Å². The van der Waals surface area contributed by atoms with E-state index >= 15 is 0 Å². The molecule has 7 atom stereocenters. The van der Waals surface area contributed by atoms with Crippen molar-refractivity contribution in [2.75, 3.05) is 13.2 Å². The number of rotatable bonds is 9. The first-order valence-corrected chi connectivity index (χ1v) is 22.4. The molecule has 332 valence electrons. The van der Waals surface area contributed by atoms with Crippen LogP contribution in [0.1, 0.15) is 91.2 Å². The molecule has 2 aromatic heterocycles. The van der Waals surface area contributed by atoms with Gasteiger partial charge in [-0.3, -0.25) is 28.3 Å². The van der Waals surface area contributed by atoms with Gasteiger partial charge in [-0.1, -0.05) is 37.6 Å². The van der Waals surface area contributed by atoms with Crippen molar-refractivity contribution in [3.63, 3.8) is 0 Å². The molecule has 3 aromatic rings. The van der Waals surface area contributed by atoms with E-state index in [0.717, 1.165) is 13.8 Å². The van der Waals surface area contributed by atoms with Gasteiger partial charge in [0.05, 0.1) is 46.9 Å². The second-order valence-corrected chi connectivity index (χ2v) is 20.6. The Morgan fingerprint density at radius 2 is 1.82 bits per heavy atom. The highest BCUT2D eigenvalue weighted by Gasteiger charge is 2.63. The van der Waals surface area contributed by atoms with Crippen molar-refractivity contribution in [2.45, 2.75) is 121 Å². The van der Waals surface area contributed by atoms with E-state index in [1.165, 1.54) is 4.90 Å². The molecule has 3 fully saturated rings. The topological polar surface area (TPSA) is 166 Å². The van der Waals surface area contributed by atoms with Crippen LogP contribution in [0.25, 0.3) is 16.7 Å². The number of alkyl halides is 4. The molecule has 61 heavy (non-hydrogen) atoms. The lowest BCUT2D eigenvalue weighted by atomic mass is 9.82. The second kappa shape index (κ2) is 16.1. The number of carbonyl (C=O) groups is 4. The van der Waals surface area contributed by atoms with Crippen molar-refractivity contribution in [3.05, 3.63) is 47.3 Å². The van der Waals surface area contributed by atoms with Crippen LogP contribution in [-0.2, 0) is 33.9 Å². The van der Waals surface area contributed by atoms with Crippen LogP contribution in [0.2, 0.25) is 5.02 Å². The van der Waals surface area contributed by atoms with E-state index in [1.807, 2.05) is 13.0 Å². The fraction of sp³-hybridized carbons (Fsp3) is 0.619. The highest BCUT2D eigenvalue weighted by Crippen LogP contribution is 2.58. The van der Waals surface area contributed by atoms with Gasteiger partial charge in [-0.15, -0.1) is 0 Å². The predicted molar refractivity (Wildman–Crippen MR) is 216 cm³/mol. The van der Waals surface area contributed by atoms with E-state index in [0.29, 0.717) is 46.7 Å². The fourth-order valence-electron chi connectivity index (χ4n) is 8.83. The third-order valence-corrected chi connectivity index (χ3v) is 15.3. The summed E-state index contributed by atoms with van der Waals surface area (Å²) in [6.07, 6.45) is 0.0784. The average molecular weight is 896 g/mol. The number of imidazole rings is 1. The molecule has 7 rings (SSSR count). The number of fused-ring (bicyclic) bond motifs is 5. The largest absolute Gasteiger partial charge is 0.472 e. The summed E-state index contributed by atoms with van der Waals surface area (Å²) in [6.45, 7) is 5.52. The highest BCUT2D eigenvalue weighted by molar-refractivity contribution is 7.91. The summed E-state index contributed by atoms with van der Waals surface area (Å²) in [6, 6.07) is 3.84. The summed E-state index contributed by atoms with van der Waals surface area (Å²) in [7, 11) is -4.43. The first-order valence-electron chi connectivity index (χ1n) is 20.5. The number of carbonyl (C=O) groups excluding carboxylic acids is 4. The summed E-state index contributed by atoms with van der Waals surface area (Å²) in [5.41, 5.74) is -3.04. The van der Waals surface area contributed by atoms with E-state index in [4.69, 9.17) is 21.1 Å². The molecule has 0 spiro atoms. The number of nitrogens with one attached hydrogen (secondary N) is 1. The molecule has 0 radical (unpaired) electrons. The Morgan fingerprint density at radius 1 is 1.10 bits per heavy atom. The zero-order valence-electron chi connectivity index (χ0n) is 34.6. The zero-order valence-corrected chi connectivity index (χ0v) is 36.1. The minimum atomic E-state index is -4.90. The monoisotopic (exact) mass is 895 g/mol. The number of sulfonamides is 1. The molecule has 4 heterocycles. The van der Waals surface area contributed by atoms with Crippen LogP contribution < -0.4 is 9.46 Å². The van der Waals surface area contributed by atoms with E-state index in [2.05, 4.69) is 14.7 Å². The molecular formula is C42H50ClF4N5O8S. The number of nitrogens with zero attached hydrogens (tertiary/aromatic N) is 4. The van der Waals surface area contributed by atoms with E-state index in [1.54, 1.807) is 48.7 Å². The number of hydrogen-bond donors (Lipinski definition) is 1. The van der Waals surface area contributed by atoms with Crippen molar-refractivity contribution >= 4 is 61.9 Å². The van der Waals surface area contributed by atoms with Gasteiger partial charge in [0.25, 0.3) is 0 Å². The maximum absolute atomic E-state index is 14.9. The number of amides is 2. The van der Waals surface area contributed by atoms with Crippen LogP contribution in [0, 0.1) is 36.0 Å². The van der Waals surface area contributed by atoms with E-state index in [-0.39, 0.29) is 44.0 Å². The van der Waals surface area contributed by atoms with Gasteiger partial charge >= 0.3 is 12.1 Å². The third-order valence-electron chi connectivity index (χ3n) is 13.0. The van der Waals surface area contributed by atoms with E-state index in [9.17, 15) is 45.2 Å². The summed E-state index contributed by atoms with van der Waals surface area (Å²) >= 11 is 6.41. The van der Waals surface area contributed by atoms with Crippen LogP contribution in [0.3, 0.4) is 0 Å². The minimum Gasteiger partial charge on any atom is -0.472 e. The van der Waals surface area contributed by atoms with Gasteiger partial charge in [0.2, 0.25) is 39.1 Å². The smallest absolute Gasteiger partial charge is 0.427 e. The molecule has 1 saturated heterocycles. The van der Waals surface area contributed by atoms with Crippen molar-refractivity contribution < 1.29 is 54.6 Å². The molecule has 0 bridgehead atoms. The number of Topliss-reactive ketones (excluding diaryl/α,β-unsaturated/α-hetero) is 1. The summed E-state index contributed by atoms with van der Waals surface area (Å²) in [5, 5.41) is 0.880. The molecule has 19 heteroatoms. The third kappa shape index (κ3) is 8.72. The Labute approximate surface area is 356 Å². The molecule has 2 amide bonds. The van der Waals surface area contributed by atoms with Gasteiger partial charge in [0.15, 0.2) is 5.78 Å². The van der Waals surface area contributed by atoms with Crippen molar-refractivity contribution in [1.82, 2.24) is 24.0 Å². The summed E-state index contributed by atoms with van der Waals surface area (Å²) in [4.78, 5) is 67.4. The Hall–Kier alpha value is -4.32. The lowest BCUT2D eigenvalue weighted by Gasteiger charge is -2.33. The Morgan fingerprint density at radius 3 is 2.49 bits per heavy atom. The number of halogens is 5. The van der Waals surface area contributed by atoms with Gasteiger partial charge in [-0.05, 0) is 95.2 Å². The van der Waals surface area contributed by atoms with Gasteiger partial charge in [0.1, 0.15) is 17.5 Å². The number of aromatic nitrogens is 3. The Kier molecular flexibility index (Phi) is 11.8. The molecule has 2 saturated carbocycles. The molecule has 2 aliphatic carbocycles. The standard InChI is InChI=1S/C42H50ClF4N5O8S/c1-23-8-6-7-9-26-18-41(26,37(56)50-61(57,58)40(22-44)12-13-40)19-33(53)32-16-28(59-35-30-15-27(43)10-11-31(30)52-20-25(3)48-38(52)49-35)21-51(32)36(55)29(24(2)14-23)17-34(54)60-39(4,5)42(45,46)47/h7,9-11,15,20,23-24,26,28-29,32H,6,8,12-14,16-19,21-22H2,1-5H3,(H,50,56)/b9-7-/t23-,24+,26+,28+,29-,32-,41+/m0/s1. The van der Waals surface area contributed by atoms with Gasteiger partial charge in [-0.25, -0.2) is 17.8 Å². The lowest BCUT2D eigenvalue weighted by Crippen LogP contribution is -2.49. The van der Waals surface area contributed by atoms with Crippen molar-refractivity contribution in [2.24, 2.45) is 29.1 Å². The number of benzene rings is 1. The normalized spacial score (nSPS) is 29.0. The summed E-state index contributed by atoms with van der Waals surface area (Å²) in [5.74, 6) is -5.40. The number of ketones is 1. The number of esters is 1. The highest BCUT2D eigenvalue weighted by atomic mass is 35.5. The molecule has 1 N–H and O–H groups in total. The molecule has 13 nitrogen and oxygen atoms in total. The first-order chi connectivity index (χ1) is 28.5. The van der Waals surface area contributed by atoms with Crippen LogP contribution in [0.5, 0.6) is 5.88 Å². The van der Waals surface area contributed by atoms with Crippen LogP contribution >= 0.6 is 11.6 Å². The average Bonchev–Trinajstić information content (AvgIpc) is 4.03. The van der Waals surface area contributed by atoms with Crippen molar-refractivity contribution in [3.8, 4) is 5.88 Å². The Balaban J connectivity index is 1.26. The summed E-state index contributed by atoms with van der Waals surface area (Å²) < 4.78 is 95.4. The lowest BCUT2D eigenvalue weighted by molar-refractivity contribution is -0.257. The second-order valence-electron chi connectivity index (χ2n) is 18.1. The van der Waals surface area contributed by atoms with Crippen LogP contribution in [0.4, 0.5) is 17.6 Å².